The highest BCUT2D eigenvalue weighted by molar-refractivity contribution is 5.48. The Balaban J connectivity index is 2.41. The highest BCUT2D eigenvalue weighted by Crippen LogP contribution is 2.42. The van der Waals surface area contributed by atoms with Gasteiger partial charge in [0.15, 0.2) is 5.82 Å². The molecule has 2 rings (SSSR count). The molecule has 1 fully saturated rings. The molecule has 0 aromatic carbocycles. The van der Waals surface area contributed by atoms with Gasteiger partial charge in [-0.3, -0.25) is 0 Å². The number of nitrogens with zero attached hydrogens (tertiary/aromatic N) is 2. The fourth-order valence-electron chi connectivity index (χ4n) is 2.52. The van der Waals surface area contributed by atoms with Gasteiger partial charge in [0.25, 0.3) is 0 Å². The van der Waals surface area contributed by atoms with Gasteiger partial charge in [-0.25, -0.2) is 9.97 Å². The van der Waals surface area contributed by atoms with Gasteiger partial charge >= 0.3 is 0 Å². The zero-order valence-corrected chi connectivity index (χ0v) is 11.9. The van der Waals surface area contributed by atoms with Crippen molar-refractivity contribution < 1.29 is 4.74 Å². The van der Waals surface area contributed by atoms with E-state index in [0.717, 1.165) is 17.3 Å². The van der Waals surface area contributed by atoms with Crippen LogP contribution in [0.25, 0.3) is 0 Å². The van der Waals surface area contributed by atoms with Crippen LogP contribution in [0.15, 0.2) is 0 Å². The van der Waals surface area contributed by atoms with Crippen LogP contribution in [-0.2, 0) is 4.74 Å². The number of aryl methyl sites for hydroxylation is 1. The Morgan fingerprint density at radius 3 is 2.39 bits per heavy atom. The summed E-state index contributed by atoms with van der Waals surface area (Å²) < 4.78 is 5.56. The van der Waals surface area contributed by atoms with Crippen molar-refractivity contribution in [2.75, 3.05) is 19.5 Å². The second-order valence-corrected chi connectivity index (χ2v) is 5.33. The third kappa shape index (κ3) is 2.48. The smallest absolute Gasteiger partial charge is 0.160 e. The standard InChI is InChI=1S/C14H23N3O/c1-8(2)11-9(3)16-14(17-13(11)15-4)12(18-5)10-6-7-10/h8,10,12H,6-7H2,1-5H3,(H,15,16,17). The van der Waals surface area contributed by atoms with Gasteiger partial charge in [-0.05, 0) is 31.6 Å². The molecule has 4 heteroatoms. The summed E-state index contributed by atoms with van der Waals surface area (Å²) in [7, 11) is 3.66. The molecule has 0 spiro atoms. The summed E-state index contributed by atoms with van der Waals surface area (Å²) in [5.41, 5.74) is 2.26. The van der Waals surface area contributed by atoms with Gasteiger partial charge in [-0.1, -0.05) is 13.8 Å². The summed E-state index contributed by atoms with van der Waals surface area (Å²) in [6, 6.07) is 0. The Morgan fingerprint density at radius 2 is 1.94 bits per heavy atom. The van der Waals surface area contributed by atoms with Gasteiger partial charge in [0, 0.05) is 25.4 Å². The number of rotatable bonds is 5. The third-order valence-corrected chi connectivity index (χ3v) is 3.53. The van der Waals surface area contributed by atoms with Crippen LogP contribution in [0.3, 0.4) is 0 Å². The topological polar surface area (TPSA) is 47.0 Å². The largest absolute Gasteiger partial charge is 0.373 e. The van der Waals surface area contributed by atoms with Crippen molar-refractivity contribution in [2.24, 2.45) is 5.92 Å². The fraction of sp³-hybridized carbons (Fsp3) is 0.714. The van der Waals surface area contributed by atoms with Gasteiger partial charge in [0.1, 0.15) is 11.9 Å². The number of anilines is 1. The Morgan fingerprint density at radius 1 is 1.28 bits per heavy atom. The van der Waals surface area contributed by atoms with Gasteiger partial charge in [0.05, 0.1) is 0 Å². The monoisotopic (exact) mass is 249 g/mol. The van der Waals surface area contributed by atoms with E-state index >= 15 is 0 Å². The molecule has 18 heavy (non-hydrogen) atoms. The lowest BCUT2D eigenvalue weighted by molar-refractivity contribution is 0.0771. The molecule has 100 valence electrons. The Kier molecular flexibility index (Phi) is 3.85. The molecule has 1 aromatic heterocycles. The molecule has 1 unspecified atom stereocenters. The summed E-state index contributed by atoms with van der Waals surface area (Å²) in [6.45, 7) is 6.39. The van der Waals surface area contributed by atoms with E-state index in [9.17, 15) is 0 Å². The average molecular weight is 249 g/mol. The first kappa shape index (κ1) is 13.3. The number of hydrogen-bond acceptors (Lipinski definition) is 4. The molecule has 0 amide bonds. The van der Waals surface area contributed by atoms with Crippen molar-refractivity contribution in [3.05, 3.63) is 17.1 Å². The second kappa shape index (κ2) is 5.22. The van der Waals surface area contributed by atoms with Crippen LogP contribution in [0.4, 0.5) is 5.82 Å². The number of nitrogens with one attached hydrogen (secondary N) is 1. The van der Waals surface area contributed by atoms with Crippen molar-refractivity contribution >= 4 is 5.82 Å². The third-order valence-electron chi connectivity index (χ3n) is 3.53. The molecule has 0 saturated heterocycles. The number of aromatic nitrogens is 2. The van der Waals surface area contributed by atoms with Crippen LogP contribution in [0.2, 0.25) is 0 Å². The van der Waals surface area contributed by atoms with Crippen molar-refractivity contribution in [3.8, 4) is 0 Å². The summed E-state index contributed by atoms with van der Waals surface area (Å²) >= 11 is 0. The quantitative estimate of drug-likeness (QED) is 0.871. The molecular weight excluding hydrogens is 226 g/mol. The van der Waals surface area contributed by atoms with Crippen LogP contribution < -0.4 is 5.32 Å². The minimum Gasteiger partial charge on any atom is -0.373 e. The van der Waals surface area contributed by atoms with E-state index < -0.39 is 0 Å². The lowest BCUT2D eigenvalue weighted by Gasteiger charge is -2.19. The molecule has 0 aliphatic heterocycles. The number of ether oxygens (including phenoxy) is 1. The van der Waals surface area contributed by atoms with E-state index in [4.69, 9.17) is 4.74 Å². The van der Waals surface area contributed by atoms with Crippen LogP contribution in [0.5, 0.6) is 0 Å². The number of methoxy groups -OCH3 is 1. The lowest BCUT2D eigenvalue weighted by Crippen LogP contribution is -2.14. The van der Waals surface area contributed by atoms with Gasteiger partial charge in [-0.2, -0.15) is 0 Å². The number of hydrogen-bond donors (Lipinski definition) is 1. The van der Waals surface area contributed by atoms with E-state index in [1.165, 1.54) is 18.4 Å². The van der Waals surface area contributed by atoms with Crippen LogP contribution in [0.1, 0.15) is 55.8 Å². The summed E-state index contributed by atoms with van der Waals surface area (Å²) in [6.07, 6.45) is 2.50. The van der Waals surface area contributed by atoms with E-state index in [1.807, 2.05) is 7.05 Å². The van der Waals surface area contributed by atoms with Crippen LogP contribution >= 0.6 is 0 Å². The molecule has 1 atom stereocenters. The Hall–Kier alpha value is -1.16. The summed E-state index contributed by atoms with van der Waals surface area (Å²) in [4.78, 5) is 9.32. The van der Waals surface area contributed by atoms with Gasteiger partial charge in [0.2, 0.25) is 0 Å². The minimum absolute atomic E-state index is 0.0528. The first-order valence-corrected chi connectivity index (χ1v) is 6.67. The highest BCUT2D eigenvalue weighted by Gasteiger charge is 2.35. The molecule has 4 nitrogen and oxygen atoms in total. The molecule has 1 saturated carbocycles. The Bertz CT molecular complexity index is 427. The van der Waals surface area contributed by atoms with E-state index in [-0.39, 0.29) is 6.10 Å². The maximum absolute atomic E-state index is 5.56. The SMILES string of the molecule is CNc1nc(C(OC)C2CC2)nc(C)c1C(C)C. The highest BCUT2D eigenvalue weighted by atomic mass is 16.5. The maximum Gasteiger partial charge on any atom is 0.160 e. The predicted octanol–water partition coefficient (Wildman–Crippen LogP) is 3.05. The normalized spacial score (nSPS) is 17.0. The van der Waals surface area contributed by atoms with E-state index in [2.05, 4.69) is 36.1 Å². The van der Waals surface area contributed by atoms with Gasteiger partial charge < -0.3 is 10.1 Å². The maximum atomic E-state index is 5.56. The zero-order valence-electron chi connectivity index (χ0n) is 11.9. The molecule has 1 aliphatic carbocycles. The summed E-state index contributed by atoms with van der Waals surface area (Å²) in [5, 5.41) is 3.19. The fourth-order valence-corrected chi connectivity index (χ4v) is 2.52. The molecule has 1 heterocycles. The van der Waals surface area contributed by atoms with Gasteiger partial charge in [-0.15, -0.1) is 0 Å². The van der Waals surface area contributed by atoms with Crippen LogP contribution in [0, 0.1) is 12.8 Å². The van der Waals surface area contributed by atoms with Crippen molar-refractivity contribution in [1.82, 2.24) is 9.97 Å². The second-order valence-electron chi connectivity index (χ2n) is 5.33. The van der Waals surface area contributed by atoms with Crippen molar-refractivity contribution in [1.29, 1.82) is 0 Å². The van der Waals surface area contributed by atoms with Crippen molar-refractivity contribution in [3.63, 3.8) is 0 Å². The average Bonchev–Trinajstić information content (AvgIpc) is 3.13. The van der Waals surface area contributed by atoms with Crippen molar-refractivity contribution in [2.45, 2.75) is 45.6 Å². The molecule has 1 aromatic rings. The molecule has 1 N–H and O–H groups in total. The zero-order chi connectivity index (χ0) is 13.3. The van der Waals surface area contributed by atoms with E-state index in [0.29, 0.717) is 11.8 Å². The minimum atomic E-state index is 0.0528. The van der Waals surface area contributed by atoms with Crippen LogP contribution in [-0.4, -0.2) is 24.1 Å². The summed E-state index contributed by atoms with van der Waals surface area (Å²) in [5.74, 6) is 2.79. The first-order valence-electron chi connectivity index (χ1n) is 6.67. The molecular formula is C14H23N3O. The molecule has 0 bridgehead atoms. The Labute approximate surface area is 109 Å². The molecule has 1 aliphatic rings. The first-order chi connectivity index (χ1) is 8.58. The lowest BCUT2D eigenvalue weighted by atomic mass is 10.0. The molecule has 0 radical (unpaired) electrons. The predicted molar refractivity (Wildman–Crippen MR) is 72.9 cm³/mol. The van der Waals surface area contributed by atoms with E-state index in [1.54, 1.807) is 7.11 Å².